The van der Waals surface area contributed by atoms with Gasteiger partial charge in [0, 0.05) is 29.6 Å². The van der Waals surface area contributed by atoms with Crippen molar-refractivity contribution in [1.82, 2.24) is 10.3 Å². The van der Waals surface area contributed by atoms with Crippen molar-refractivity contribution in [2.24, 2.45) is 0 Å². The largest absolute Gasteiger partial charge is 0.313 e. The van der Waals surface area contributed by atoms with Crippen LogP contribution in [0.15, 0.2) is 36.0 Å². The van der Waals surface area contributed by atoms with Crippen LogP contribution in [0.1, 0.15) is 34.8 Å². The molecule has 100 valence electrons. The van der Waals surface area contributed by atoms with E-state index in [2.05, 4.69) is 41.5 Å². The molecule has 0 saturated heterocycles. The van der Waals surface area contributed by atoms with Crippen LogP contribution < -0.4 is 5.32 Å². The SMILES string of the molecule is Cc1ccc(C(CNC2CC2)Cc2cncs2)cc1. The number of rotatable bonds is 6. The molecule has 1 aliphatic rings. The highest BCUT2D eigenvalue weighted by molar-refractivity contribution is 7.09. The van der Waals surface area contributed by atoms with Gasteiger partial charge in [0.15, 0.2) is 0 Å². The van der Waals surface area contributed by atoms with Crippen LogP contribution in [0.5, 0.6) is 0 Å². The third-order valence-corrected chi connectivity index (χ3v) is 4.51. The molecule has 2 nitrogen and oxygen atoms in total. The standard InChI is InChI=1S/C16H20N2S/c1-12-2-4-13(5-3-12)14(9-18-15-6-7-15)8-16-10-17-11-19-16/h2-5,10-11,14-15,18H,6-9H2,1H3. The second kappa shape index (κ2) is 5.85. The molecule has 1 heterocycles. The van der Waals surface area contributed by atoms with Gasteiger partial charge in [-0.1, -0.05) is 29.8 Å². The average Bonchev–Trinajstić information content (AvgIpc) is 3.11. The van der Waals surface area contributed by atoms with Crippen LogP contribution in [-0.4, -0.2) is 17.6 Å². The molecular weight excluding hydrogens is 252 g/mol. The van der Waals surface area contributed by atoms with Gasteiger partial charge in [0.1, 0.15) is 0 Å². The van der Waals surface area contributed by atoms with E-state index in [1.807, 2.05) is 11.7 Å². The van der Waals surface area contributed by atoms with Crippen LogP contribution in [0, 0.1) is 6.92 Å². The Bertz CT molecular complexity index is 500. The van der Waals surface area contributed by atoms with Crippen LogP contribution >= 0.6 is 11.3 Å². The maximum atomic E-state index is 4.19. The summed E-state index contributed by atoms with van der Waals surface area (Å²) in [6.45, 7) is 3.22. The van der Waals surface area contributed by atoms with Gasteiger partial charge in [-0.05, 0) is 31.7 Å². The van der Waals surface area contributed by atoms with Crippen LogP contribution in [0.2, 0.25) is 0 Å². The Labute approximate surface area is 118 Å². The van der Waals surface area contributed by atoms with Crippen molar-refractivity contribution in [1.29, 1.82) is 0 Å². The highest BCUT2D eigenvalue weighted by atomic mass is 32.1. The van der Waals surface area contributed by atoms with E-state index in [1.54, 1.807) is 11.3 Å². The molecule has 1 saturated carbocycles. The number of hydrogen-bond donors (Lipinski definition) is 1. The van der Waals surface area contributed by atoms with Gasteiger partial charge in [-0.15, -0.1) is 11.3 Å². The Balaban J connectivity index is 1.71. The number of benzene rings is 1. The lowest BCUT2D eigenvalue weighted by molar-refractivity contribution is 0.579. The molecule has 0 spiro atoms. The number of aryl methyl sites for hydroxylation is 1. The molecular formula is C16H20N2S. The molecule has 1 aromatic heterocycles. The first-order chi connectivity index (χ1) is 9.31. The topological polar surface area (TPSA) is 24.9 Å². The van der Waals surface area contributed by atoms with Gasteiger partial charge in [-0.3, -0.25) is 4.98 Å². The van der Waals surface area contributed by atoms with Gasteiger partial charge in [0.25, 0.3) is 0 Å². The molecule has 0 bridgehead atoms. The van der Waals surface area contributed by atoms with Crippen molar-refractivity contribution in [2.45, 2.75) is 38.1 Å². The van der Waals surface area contributed by atoms with Gasteiger partial charge < -0.3 is 5.32 Å². The zero-order valence-corrected chi connectivity index (χ0v) is 12.1. The van der Waals surface area contributed by atoms with Crippen molar-refractivity contribution in [3.05, 3.63) is 52.0 Å². The first-order valence-corrected chi connectivity index (χ1v) is 7.86. The minimum Gasteiger partial charge on any atom is -0.313 e. The Morgan fingerprint density at radius 2 is 2.11 bits per heavy atom. The van der Waals surface area contributed by atoms with E-state index in [9.17, 15) is 0 Å². The smallest absolute Gasteiger partial charge is 0.0794 e. The maximum absolute atomic E-state index is 4.19. The van der Waals surface area contributed by atoms with Gasteiger partial charge in [-0.2, -0.15) is 0 Å². The lowest BCUT2D eigenvalue weighted by Gasteiger charge is -2.17. The number of nitrogens with zero attached hydrogens (tertiary/aromatic N) is 1. The molecule has 19 heavy (non-hydrogen) atoms. The molecule has 0 radical (unpaired) electrons. The fourth-order valence-electron chi connectivity index (χ4n) is 2.33. The van der Waals surface area contributed by atoms with Gasteiger partial charge in [0.2, 0.25) is 0 Å². The normalized spacial score (nSPS) is 16.5. The molecule has 3 heteroatoms. The summed E-state index contributed by atoms with van der Waals surface area (Å²) in [7, 11) is 0. The predicted molar refractivity (Wildman–Crippen MR) is 80.8 cm³/mol. The quantitative estimate of drug-likeness (QED) is 0.870. The molecule has 1 atom stereocenters. The van der Waals surface area contributed by atoms with E-state index in [-0.39, 0.29) is 0 Å². The summed E-state index contributed by atoms with van der Waals surface area (Å²) in [6.07, 6.45) is 5.79. The third kappa shape index (κ3) is 3.64. The zero-order chi connectivity index (χ0) is 13.1. The molecule has 0 amide bonds. The summed E-state index contributed by atoms with van der Waals surface area (Å²) in [6, 6.07) is 9.75. The second-order valence-corrected chi connectivity index (χ2v) is 6.43. The molecule has 3 rings (SSSR count). The van der Waals surface area contributed by atoms with E-state index in [0.717, 1.165) is 19.0 Å². The lowest BCUT2D eigenvalue weighted by Crippen LogP contribution is -2.24. The van der Waals surface area contributed by atoms with Crippen molar-refractivity contribution in [3.63, 3.8) is 0 Å². The molecule has 0 aliphatic heterocycles. The van der Waals surface area contributed by atoms with Crippen molar-refractivity contribution >= 4 is 11.3 Å². The van der Waals surface area contributed by atoms with Crippen LogP contribution in [0.4, 0.5) is 0 Å². The summed E-state index contributed by atoms with van der Waals surface area (Å²) < 4.78 is 0. The molecule has 1 N–H and O–H groups in total. The molecule has 1 aliphatic carbocycles. The summed E-state index contributed by atoms with van der Waals surface area (Å²) in [4.78, 5) is 5.57. The highest BCUT2D eigenvalue weighted by Crippen LogP contribution is 2.25. The molecule has 1 unspecified atom stereocenters. The van der Waals surface area contributed by atoms with Crippen molar-refractivity contribution < 1.29 is 0 Å². The van der Waals surface area contributed by atoms with E-state index < -0.39 is 0 Å². The Kier molecular flexibility index (Phi) is 3.95. The number of hydrogen-bond acceptors (Lipinski definition) is 3. The average molecular weight is 272 g/mol. The first kappa shape index (κ1) is 12.8. The minimum atomic E-state index is 0.557. The third-order valence-electron chi connectivity index (χ3n) is 3.71. The van der Waals surface area contributed by atoms with Crippen LogP contribution in [0.25, 0.3) is 0 Å². The van der Waals surface area contributed by atoms with Gasteiger partial charge >= 0.3 is 0 Å². The van der Waals surface area contributed by atoms with Gasteiger partial charge in [0.05, 0.1) is 5.51 Å². The zero-order valence-electron chi connectivity index (χ0n) is 11.3. The fraction of sp³-hybridized carbons (Fsp3) is 0.438. The Hall–Kier alpha value is -1.19. The van der Waals surface area contributed by atoms with E-state index in [4.69, 9.17) is 0 Å². The fourth-order valence-corrected chi connectivity index (χ4v) is 3.00. The van der Waals surface area contributed by atoms with Gasteiger partial charge in [-0.25, -0.2) is 0 Å². The number of thiazole rings is 1. The molecule has 1 aromatic carbocycles. The Morgan fingerprint density at radius 3 is 2.74 bits per heavy atom. The van der Waals surface area contributed by atoms with Crippen molar-refractivity contribution in [3.8, 4) is 0 Å². The summed E-state index contributed by atoms with van der Waals surface area (Å²) in [5.41, 5.74) is 4.69. The van der Waals surface area contributed by atoms with E-state index >= 15 is 0 Å². The lowest BCUT2D eigenvalue weighted by atomic mass is 9.94. The van der Waals surface area contributed by atoms with E-state index in [1.165, 1.54) is 28.8 Å². The highest BCUT2D eigenvalue weighted by Gasteiger charge is 2.22. The molecule has 1 fully saturated rings. The number of nitrogens with one attached hydrogen (secondary N) is 1. The Morgan fingerprint density at radius 1 is 1.32 bits per heavy atom. The molecule has 2 aromatic rings. The van der Waals surface area contributed by atoms with Crippen molar-refractivity contribution in [2.75, 3.05) is 6.54 Å². The minimum absolute atomic E-state index is 0.557. The predicted octanol–water partition coefficient (Wildman–Crippen LogP) is 3.53. The van der Waals surface area contributed by atoms with Crippen LogP contribution in [-0.2, 0) is 6.42 Å². The first-order valence-electron chi connectivity index (χ1n) is 6.98. The summed E-state index contributed by atoms with van der Waals surface area (Å²) in [5, 5.41) is 3.67. The summed E-state index contributed by atoms with van der Waals surface area (Å²) >= 11 is 1.76. The van der Waals surface area contributed by atoms with E-state index in [0.29, 0.717) is 5.92 Å². The monoisotopic (exact) mass is 272 g/mol. The maximum Gasteiger partial charge on any atom is 0.0794 e. The second-order valence-electron chi connectivity index (χ2n) is 5.46. The summed E-state index contributed by atoms with van der Waals surface area (Å²) in [5.74, 6) is 0.557. The van der Waals surface area contributed by atoms with Crippen LogP contribution in [0.3, 0.4) is 0 Å². The number of aromatic nitrogens is 1.